The molecular weight excluding hydrogens is 336 g/mol. The van der Waals surface area contributed by atoms with E-state index < -0.39 is 15.8 Å². The molecule has 1 saturated carbocycles. The predicted molar refractivity (Wildman–Crippen MR) is 85.5 cm³/mol. The lowest BCUT2D eigenvalue weighted by Gasteiger charge is -2.25. The van der Waals surface area contributed by atoms with Crippen molar-refractivity contribution in [2.45, 2.75) is 48.8 Å². The molecule has 1 aliphatic heterocycles. The number of fused-ring (bicyclic) bond motifs is 3. The lowest BCUT2D eigenvalue weighted by atomic mass is 9.95. The van der Waals surface area contributed by atoms with E-state index >= 15 is 0 Å². The number of rotatable bonds is 2. The lowest BCUT2D eigenvalue weighted by molar-refractivity contribution is 0.0688. The van der Waals surface area contributed by atoms with Crippen molar-refractivity contribution in [3.63, 3.8) is 0 Å². The third-order valence-corrected chi connectivity index (χ3v) is 7.37. The van der Waals surface area contributed by atoms with Crippen molar-refractivity contribution in [3.8, 4) is 10.6 Å². The number of aromatic carboxylic acids is 1. The van der Waals surface area contributed by atoms with Gasteiger partial charge in [0, 0.05) is 5.56 Å². The van der Waals surface area contributed by atoms with E-state index in [1.165, 1.54) is 17.8 Å². The van der Waals surface area contributed by atoms with Gasteiger partial charge in [-0.1, -0.05) is 19.3 Å². The first-order chi connectivity index (χ1) is 11.0. The largest absolute Gasteiger partial charge is 0.476 e. The van der Waals surface area contributed by atoms with Crippen LogP contribution in [-0.2, 0) is 15.6 Å². The van der Waals surface area contributed by atoms with Gasteiger partial charge in [0.25, 0.3) is 0 Å². The number of aromatic nitrogens is 2. The van der Waals surface area contributed by atoms with Crippen molar-refractivity contribution in [3.05, 3.63) is 22.7 Å². The minimum absolute atomic E-state index is 0.117. The molecule has 0 atom stereocenters. The molecule has 2 aromatic heterocycles. The van der Waals surface area contributed by atoms with Crippen molar-refractivity contribution >= 4 is 27.1 Å². The average molecular weight is 352 g/mol. The Kier molecular flexibility index (Phi) is 3.35. The summed E-state index contributed by atoms with van der Waals surface area (Å²) in [5, 5.41) is 15.5. The van der Waals surface area contributed by atoms with Gasteiger partial charge in [-0.05, 0) is 24.3 Å². The molecule has 0 unspecified atom stereocenters. The Labute approximate surface area is 137 Å². The molecule has 23 heavy (non-hydrogen) atoms. The number of carboxylic acids is 1. The molecule has 1 N–H and O–H groups in total. The molecule has 0 bridgehead atoms. The van der Waals surface area contributed by atoms with Crippen LogP contribution in [0.1, 0.15) is 54.2 Å². The monoisotopic (exact) mass is 352 g/mol. The third-order valence-electron chi connectivity index (χ3n) is 4.65. The highest BCUT2D eigenvalue weighted by Gasteiger charge is 2.38. The van der Waals surface area contributed by atoms with Crippen LogP contribution in [0.4, 0.5) is 0 Å². The fraction of sp³-hybridized carbons (Fsp3) is 0.467. The van der Waals surface area contributed by atoms with E-state index in [4.69, 9.17) is 0 Å². The minimum atomic E-state index is -3.49. The Morgan fingerprint density at radius 1 is 1.30 bits per heavy atom. The second-order valence-corrected chi connectivity index (χ2v) is 8.96. The predicted octanol–water partition coefficient (Wildman–Crippen LogP) is 3.10. The van der Waals surface area contributed by atoms with Crippen molar-refractivity contribution in [2.75, 3.05) is 0 Å². The molecule has 0 amide bonds. The minimum Gasteiger partial charge on any atom is -0.476 e. The number of hydrogen-bond acceptors (Lipinski definition) is 5. The van der Waals surface area contributed by atoms with Crippen LogP contribution in [0.3, 0.4) is 0 Å². The Bertz CT molecular complexity index is 889. The summed E-state index contributed by atoms with van der Waals surface area (Å²) in [5.74, 6) is -1.44. The van der Waals surface area contributed by atoms with Gasteiger partial charge in [0.05, 0.1) is 27.3 Å². The molecule has 0 saturated heterocycles. The zero-order valence-corrected chi connectivity index (χ0v) is 14.0. The number of nitrogens with zero attached hydrogens (tertiary/aromatic N) is 2. The average Bonchev–Trinajstić information content (AvgIpc) is 3.12. The fourth-order valence-electron chi connectivity index (χ4n) is 3.59. The van der Waals surface area contributed by atoms with Crippen LogP contribution in [-0.4, -0.2) is 29.3 Å². The van der Waals surface area contributed by atoms with E-state index in [-0.39, 0.29) is 17.5 Å². The maximum absolute atomic E-state index is 12.4. The van der Waals surface area contributed by atoms with Crippen LogP contribution < -0.4 is 0 Å². The molecule has 1 fully saturated rings. The molecule has 3 heterocycles. The van der Waals surface area contributed by atoms with Crippen LogP contribution in [0.25, 0.3) is 10.6 Å². The second kappa shape index (κ2) is 5.17. The summed E-state index contributed by atoms with van der Waals surface area (Å²) in [5.41, 5.74) is 0.931. The molecule has 2 aliphatic rings. The zero-order chi connectivity index (χ0) is 16.2. The molecule has 0 radical (unpaired) electrons. The van der Waals surface area contributed by atoms with Crippen LogP contribution >= 0.6 is 11.3 Å². The summed E-state index contributed by atoms with van der Waals surface area (Å²) in [6.07, 6.45) is 5.29. The second-order valence-electron chi connectivity index (χ2n) is 6.09. The van der Waals surface area contributed by atoms with Gasteiger partial charge in [-0.25, -0.2) is 13.2 Å². The molecule has 4 rings (SSSR count). The molecule has 122 valence electrons. The first-order valence-corrected chi connectivity index (χ1v) is 10.2. The molecule has 1 aliphatic carbocycles. The van der Waals surface area contributed by atoms with E-state index in [0.717, 1.165) is 25.7 Å². The van der Waals surface area contributed by atoms with E-state index in [2.05, 4.69) is 5.10 Å². The van der Waals surface area contributed by atoms with E-state index in [1.807, 2.05) is 0 Å². The van der Waals surface area contributed by atoms with Crippen LogP contribution in [0.15, 0.2) is 16.3 Å². The highest BCUT2D eigenvalue weighted by atomic mass is 32.2. The van der Waals surface area contributed by atoms with E-state index in [1.54, 1.807) is 16.1 Å². The maximum Gasteiger partial charge on any atom is 0.356 e. The molecule has 8 heteroatoms. The molecule has 6 nitrogen and oxygen atoms in total. The Morgan fingerprint density at radius 3 is 2.74 bits per heavy atom. The molecule has 2 aromatic rings. The van der Waals surface area contributed by atoms with Gasteiger partial charge in [0.2, 0.25) is 0 Å². The van der Waals surface area contributed by atoms with Crippen LogP contribution in [0, 0.1) is 0 Å². The molecule has 0 aromatic carbocycles. The lowest BCUT2D eigenvalue weighted by Crippen LogP contribution is -2.17. The normalized spacial score (nSPS) is 20.0. The van der Waals surface area contributed by atoms with Crippen molar-refractivity contribution in [1.29, 1.82) is 0 Å². The summed E-state index contributed by atoms with van der Waals surface area (Å²) in [6.45, 7) is 0. The van der Waals surface area contributed by atoms with Gasteiger partial charge in [0.15, 0.2) is 15.5 Å². The quantitative estimate of drug-likeness (QED) is 0.897. The Balaban J connectivity index is 1.97. The summed E-state index contributed by atoms with van der Waals surface area (Å²) in [4.78, 5) is 12.5. The highest BCUT2D eigenvalue weighted by molar-refractivity contribution is 7.91. The SMILES string of the molecule is O=C(O)c1nn(C2CCCCC2)c2c1CS(=O)(=O)c1ccsc1-2. The van der Waals surface area contributed by atoms with Gasteiger partial charge < -0.3 is 5.11 Å². The van der Waals surface area contributed by atoms with Gasteiger partial charge in [-0.15, -0.1) is 11.3 Å². The van der Waals surface area contributed by atoms with Crippen LogP contribution in [0.5, 0.6) is 0 Å². The van der Waals surface area contributed by atoms with Crippen molar-refractivity contribution in [2.24, 2.45) is 0 Å². The topological polar surface area (TPSA) is 89.3 Å². The van der Waals surface area contributed by atoms with Gasteiger partial charge in [-0.3, -0.25) is 4.68 Å². The number of sulfone groups is 1. The van der Waals surface area contributed by atoms with Crippen molar-refractivity contribution < 1.29 is 18.3 Å². The van der Waals surface area contributed by atoms with Gasteiger partial charge in [-0.2, -0.15) is 5.10 Å². The Hall–Kier alpha value is -1.67. The van der Waals surface area contributed by atoms with Gasteiger partial charge in [0.1, 0.15) is 0 Å². The summed E-state index contributed by atoms with van der Waals surface area (Å²) >= 11 is 1.34. The number of hydrogen-bond donors (Lipinski definition) is 1. The highest BCUT2D eigenvalue weighted by Crippen LogP contribution is 2.45. The molecular formula is C15H16N2O4S2. The van der Waals surface area contributed by atoms with Crippen molar-refractivity contribution in [1.82, 2.24) is 9.78 Å². The zero-order valence-electron chi connectivity index (χ0n) is 12.4. The molecule has 0 spiro atoms. The first kappa shape index (κ1) is 14.9. The van der Waals surface area contributed by atoms with Crippen LogP contribution in [0.2, 0.25) is 0 Å². The Morgan fingerprint density at radius 2 is 2.04 bits per heavy atom. The fourth-order valence-corrected chi connectivity index (χ4v) is 6.52. The first-order valence-electron chi connectivity index (χ1n) is 7.64. The van der Waals surface area contributed by atoms with Gasteiger partial charge >= 0.3 is 5.97 Å². The number of carbonyl (C=O) groups is 1. The summed E-state index contributed by atoms with van der Waals surface area (Å²) in [6, 6.07) is 1.76. The van der Waals surface area contributed by atoms with E-state index in [9.17, 15) is 18.3 Å². The smallest absolute Gasteiger partial charge is 0.356 e. The summed E-state index contributed by atoms with van der Waals surface area (Å²) in [7, 11) is -3.49. The number of thiophene rings is 1. The summed E-state index contributed by atoms with van der Waals surface area (Å²) < 4.78 is 26.7. The van der Waals surface area contributed by atoms with E-state index in [0.29, 0.717) is 21.0 Å². The standard InChI is InChI=1S/C15H16N2O4S2/c18-15(19)12-10-8-23(20,21)11-6-7-22-14(11)13(10)17(16-12)9-4-2-1-3-5-9/h6-7,9H,1-5,8H2,(H,18,19). The number of carboxylic acid groups (broad SMARTS) is 1. The maximum atomic E-state index is 12.4. The third kappa shape index (κ3) is 2.23.